The fraction of sp³-hybridized carbons (Fsp3) is 0.529. The summed E-state index contributed by atoms with van der Waals surface area (Å²) in [5, 5.41) is 17.2. The molecule has 9 heteroatoms. The number of anilines is 1. The number of nitrogens with one attached hydrogen (secondary N) is 2. The summed E-state index contributed by atoms with van der Waals surface area (Å²) in [7, 11) is 1.20. The van der Waals surface area contributed by atoms with E-state index < -0.39 is 16.3 Å². The molecule has 1 aromatic rings. The molecule has 26 heavy (non-hydrogen) atoms. The molecule has 1 aromatic carbocycles. The molecule has 0 unspecified atom stereocenters. The molecule has 1 aliphatic carbocycles. The van der Waals surface area contributed by atoms with Crippen LogP contribution in [0.4, 0.5) is 11.4 Å². The molecule has 2 atom stereocenters. The van der Waals surface area contributed by atoms with E-state index in [1.807, 2.05) is 0 Å². The van der Waals surface area contributed by atoms with E-state index in [1.54, 1.807) is 0 Å². The van der Waals surface area contributed by atoms with E-state index in [9.17, 15) is 19.7 Å². The van der Waals surface area contributed by atoms with Crippen LogP contribution in [-0.2, 0) is 9.53 Å². The molecule has 8 nitrogen and oxygen atoms in total. The summed E-state index contributed by atoms with van der Waals surface area (Å²) in [5.41, 5.74) is -0.464. The Morgan fingerprint density at radius 2 is 2.12 bits per heavy atom. The minimum absolute atomic E-state index is 0. The predicted molar refractivity (Wildman–Crippen MR) is 97.6 cm³/mol. The molecular formula is C17H22ClN3O5. The Kier molecular flexibility index (Phi) is 6.20. The van der Waals surface area contributed by atoms with Gasteiger partial charge in [0.05, 0.1) is 23.0 Å². The Labute approximate surface area is 157 Å². The summed E-state index contributed by atoms with van der Waals surface area (Å²) in [5.74, 6) is -0.547. The first kappa shape index (κ1) is 20.1. The van der Waals surface area contributed by atoms with E-state index in [4.69, 9.17) is 0 Å². The molecular weight excluding hydrogens is 362 g/mol. The number of nitrogens with zero attached hydrogens (tertiary/aromatic N) is 1. The van der Waals surface area contributed by atoms with Crippen LogP contribution in [0.25, 0.3) is 0 Å². The first-order valence-corrected chi connectivity index (χ1v) is 8.36. The van der Waals surface area contributed by atoms with Crippen molar-refractivity contribution in [1.82, 2.24) is 5.32 Å². The smallest absolute Gasteiger partial charge is 0.338 e. The average Bonchev–Trinajstić information content (AvgIpc) is 3.06. The van der Waals surface area contributed by atoms with E-state index in [2.05, 4.69) is 15.4 Å². The lowest BCUT2D eigenvalue weighted by Crippen LogP contribution is -2.44. The monoisotopic (exact) mass is 383 g/mol. The van der Waals surface area contributed by atoms with Crippen molar-refractivity contribution in [1.29, 1.82) is 0 Å². The zero-order valence-corrected chi connectivity index (χ0v) is 15.3. The van der Waals surface area contributed by atoms with E-state index in [1.165, 1.54) is 19.2 Å². The number of benzene rings is 1. The van der Waals surface area contributed by atoms with Gasteiger partial charge in [-0.1, -0.05) is 12.8 Å². The fourth-order valence-corrected chi connectivity index (χ4v) is 3.97. The third-order valence-corrected chi connectivity index (χ3v) is 5.30. The van der Waals surface area contributed by atoms with Crippen LogP contribution in [0.3, 0.4) is 0 Å². The molecule has 0 radical (unpaired) electrons. The molecule has 0 aromatic heterocycles. The minimum atomic E-state index is -0.685. The molecule has 1 amide bonds. The van der Waals surface area contributed by atoms with Crippen molar-refractivity contribution in [3.05, 3.63) is 33.9 Å². The number of hydrogen-bond acceptors (Lipinski definition) is 6. The van der Waals surface area contributed by atoms with Crippen molar-refractivity contribution < 1.29 is 19.2 Å². The van der Waals surface area contributed by atoms with Crippen molar-refractivity contribution in [2.75, 3.05) is 25.5 Å². The molecule has 1 aliphatic heterocycles. The molecule has 2 aliphatic rings. The molecule has 1 heterocycles. The van der Waals surface area contributed by atoms with Crippen molar-refractivity contribution in [2.24, 2.45) is 11.3 Å². The minimum Gasteiger partial charge on any atom is -0.465 e. The van der Waals surface area contributed by atoms with Crippen molar-refractivity contribution >= 4 is 35.7 Å². The number of halogens is 1. The second kappa shape index (κ2) is 8.01. The lowest BCUT2D eigenvalue weighted by atomic mass is 9.67. The highest BCUT2D eigenvalue weighted by atomic mass is 35.5. The maximum Gasteiger partial charge on any atom is 0.338 e. The number of methoxy groups -OCH3 is 1. The van der Waals surface area contributed by atoms with Crippen LogP contribution >= 0.6 is 12.4 Å². The third kappa shape index (κ3) is 3.66. The largest absolute Gasteiger partial charge is 0.465 e. The van der Waals surface area contributed by atoms with E-state index in [-0.39, 0.29) is 41.2 Å². The van der Waals surface area contributed by atoms with E-state index >= 15 is 0 Å². The van der Waals surface area contributed by atoms with Gasteiger partial charge in [-0.3, -0.25) is 14.9 Å². The highest BCUT2D eigenvalue weighted by Gasteiger charge is 2.49. The van der Waals surface area contributed by atoms with Crippen LogP contribution in [0.2, 0.25) is 0 Å². The Morgan fingerprint density at radius 1 is 1.35 bits per heavy atom. The molecule has 0 spiro atoms. The van der Waals surface area contributed by atoms with Gasteiger partial charge in [0.1, 0.15) is 0 Å². The van der Waals surface area contributed by atoms with Gasteiger partial charge in [-0.15, -0.1) is 12.4 Å². The summed E-state index contributed by atoms with van der Waals surface area (Å²) >= 11 is 0. The van der Waals surface area contributed by atoms with Gasteiger partial charge >= 0.3 is 5.97 Å². The summed E-state index contributed by atoms with van der Waals surface area (Å²) in [6.45, 7) is 1.43. The van der Waals surface area contributed by atoms with Gasteiger partial charge in [0.15, 0.2) is 0 Å². The van der Waals surface area contributed by atoms with Gasteiger partial charge in [0.25, 0.3) is 5.69 Å². The zero-order valence-electron chi connectivity index (χ0n) is 14.4. The van der Waals surface area contributed by atoms with Crippen LogP contribution in [0.1, 0.15) is 36.0 Å². The van der Waals surface area contributed by atoms with Crippen LogP contribution in [0, 0.1) is 21.4 Å². The fourth-order valence-electron chi connectivity index (χ4n) is 3.97. The Morgan fingerprint density at radius 3 is 2.81 bits per heavy atom. The van der Waals surface area contributed by atoms with Crippen molar-refractivity contribution in [3.8, 4) is 0 Å². The molecule has 142 valence electrons. The molecule has 1 saturated carbocycles. The number of esters is 1. The number of hydrogen-bond donors (Lipinski definition) is 2. The Balaban J connectivity index is 0.00000243. The number of non-ortho nitro benzene ring substituents is 1. The summed E-state index contributed by atoms with van der Waals surface area (Å²) in [6.07, 6.45) is 3.91. The second-order valence-corrected chi connectivity index (χ2v) is 6.70. The van der Waals surface area contributed by atoms with Gasteiger partial charge in [-0.25, -0.2) is 4.79 Å². The molecule has 2 fully saturated rings. The molecule has 2 N–H and O–H groups in total. The summed E-state index contributed by atoms with van der Waals surface area (Å²) < 4.78 is 4.63. The van der Waals surface area contributed by atoms with Crippen LogP contribution < -0.4 is 10.6 Å². The third-order valence-electron chi connectivity index (χ3n) is 5.30. The molecule has 1 saturated heterocycles. The highest BCUT2D eigenvalue weighted by molar-refractivity contribution is 5.98. The first-order chi connectivity index (χ1) is 12.0. The number of nitro groups is 1. The highest BCUT2D eigenvalue weighted by Crippen LogP contribution is 2.44. The van der Waals surface area contributed by atoms with E-state index in [0.29, 0.717) is 6.54 Å². The SMILES string of the molecule is COC(=O)c1cc(NC(=O)[C@@]23CCCC[C@H]2CNC3)cc([N+](=O)[O-])c1.Cl. The number of nitro benzene ring substituents is 1. The number of carbonyl (C=O) groups excluding carboxylic acids is 2. The lowest BCUT2D eigenvalue weighted by Gasteiger charge is -2.37. The standard InChI is InChI=1S/C17H21N3O5.ClH/c1-25-15(21)11-6-13(8-14(7-11)20(23)24)19-16(22)17-5-3-2-4-12(17)9-18-10-17;/h6-8,12,18H,2-5,9-10H2,1H3,(H,19,22);1H/t12-,17+;/m0./s1. The summed E-state index contributed by atoms with van der Waals surface area (Å²) in [4.78, 5) is 35.2. The van der Waals surface area contributed by atoms with Crippen molar-refractivity contribution in [3.63, 3.8) is 0 Å². The molecule has 0 bridgehead atoms. The number of rotatable bonds is 4. The Bertz CT molecular complexity index is 726. The quantitative estimate of drug-likeness (QED) is 0.469. The van der Waals surface area contributed by atoms with Crippen LogP contribution in [-0.4, -0.2) is 37.0 Å². The summed E-state index contributed by atoms with van der Waals surface area (Å²) in [6, 6.07) is 3.81. The van der Waals surface area contributed by atoms with Crippen LogP contribution in [0.15, 0.2) is 18.2 Å². The number of amides is 1. The maximum atomic E-state index is 13.0. The maximum absolute atomic E-state index is 13.0. The number of ether oxygens (including phenoxy) is 1. The van der Waals surface area contributed by atoms with Gasteiger partial charge in [0, 0.05) is 24.4 Å². The average molecular weight is 384 g/mol. The topological polar surface area (TPSA) is 111 Å². The van der Waals surface area contributed by atoms with Gasteiger partial charge in [-0.2, -0.15) is 0 Å². The first-order valence-electron chi connectivity index (χ1n) is 8.36. The lowest BCUT2D eigenvalue weighted by molar-refractivity contribution is -0.384. The van der Waals surface area contributed by atoms with Gasteiger partial charge in [-0.05, 0) is 31.4 Å². The Hall–Kier alpha value is -2.19. The van der Waals surface area contributed by atoms with Crippen molar-refractivity contribution in [2.45, 2.75) is 25.7 Å². The second-order valence-electron chi connectivity index (χ2n) is 6.70. The zero-order chi connectivity index (χ0) is 18.0. The van der Waals surface area contributed by atoms with E-state index in [0.717, 1.165) is 38.3 Å². The predicted octanol–water partition coefficient (Wildman–Crippen LogP) is 2.52. The van der Waals surface area contributed by atoms with Gasteiger partial charge in [0.2, 0.25) is 5.91 Å². The molecule has 3 rings (SSSR count). The number of fused-ring (bicyclic) bond motifs is 1. The van der Waals surface area contributed by atoms with Crippen LogP contribution in [0.5, 0.6) is 0 Å². The normalized spacial score (nSPS) is 24.1. The number of carbonyl (C=O) groups is 2. The van der Waals surface area contributed by atoms with Gasteiger partial charge < -0.3 is 15.4 Å².